The summed E-state index contributed by atoms with van der Waals surface area (Å²) in [6, 6.07) is 11.4. The molecule has 0 bridgehead atoms. The molecular weight excluding hydrogens is 422 g/mol. The van der Waals surface area contributed by atoms with Gasteiger partial charge >= 0.3 is 6.03 Å². The lowest BCUT2D eigenvalue weighted by Crippen LogP contribution is -2.39. The van der Waals surface area contributed by atoms with Crippen molar-refractivity contribution in [1.82, 2.24) is 20.2 Å². The van der Waals surface area contributed by atoms with E-state index in [1.807, 2.05) is 50.2 Å². The average molecular weight is 452 g/mol. The van der Waals surface area contributed by atoms with Crippen LogP contribution in [0, 0.1) is 0 Å². The van der Waals surface area contributed by atoms with Gasteiger partial charge in [0, 0.05) is 36.0 Å². The van der Waals surface area contributed by atoms with Gasteiger partial charge in [-0.1, -0.05) is 32.0 Å². The molecule has 32 heavy (non-hydrogen) atoms. The monoisotopic (exact) mass is 451 g/mol. The molecule has 3 amide bonds. The van der Waals surface area contributed by atoms with Gasteiger partial charge in [0.2, 0.25) is 0 Å². The first-order valence-corrected chi connectivity index (χ1v) is 11.5. The second kappa shape index (κ2) is 10.9. The van der Waals surface area contributed by atoms with Crippen LogP contribution in [0.5, 0.6) is 0 Å². The van der Waals surface area contributed by atoms with Crippen LogP contribution in [0.25, 0.3) is 0 Å². The number of carbonyl (C=O) groups is 2. The molecule has 0 aliphatic carbocycles. The van der Waals surface area contributed by atoms with Crippen molar-refractivity contribution >= 4 is 29.0 Å². The Kier molecular flexibility index (Phi) is 7.94. The van der Waals surface area contributed by atoms with Crippen molar-refractivity contribution in [3.8, 4) is 0 Å². The molecule has 2 aromatic heterocycles. The Bertz CT molecular complexity index is 1030. The highest BCUT2D eigenvalue weighted by molar-refractivity contribution is 7.09. The number of anilines is 1. The van der Waals surface area contributed by atoms with Crippen LogP contribution in [-0.2, 0) is 13.1 Å². The largest absolute Gasteiger partial charge is 0.347 e. The molecular formula is C24H29N5O2S. The van der Waals surface area contributed by atoms with Gasteiger partial charge in [0.05, 0.1) is 6.54 Å². The first kappa shape index (κ1) is 23.4. The molecule has 3 aromatic rings. The molecule has 1 aromatic carbocycles. The molecule has 0 atom stereocenters. The number of pyridine rings is 1. The summed E-state index contributed by atoms with van der Waals surface area (Å²) in [5.41, 5.74) is 3.24. The number of benzene rings is 1. The quantitative estimate of drug-likeness (QED) is 0.503. The molecule has 0 spiro atoms. The molecule has 7 nitrogen and oxygen atoms in total. The number of nitrogens with zero attached hydrogens (tertiary/aromatic N) is 3. The Labute approximate surface area is 192 Å². The Morgan fingerprint density at radius 2 is 1.84 bits per heavy atom. The maximum absolute atomic E-state index is 12.9. The van der Waals surface area contributed by atoms with Crippen LogP contribution in [0.1, 0.15) is 60.2 Å². The fourth-order valence-corrected chi connectivity index (χ4v) is 3.82. The number of hydrogen-bond donors (Lipinski definition) is 2. The maximum atomic E-state index is 12.9. The van der Waals surface area contributed by atoms with Crippen LogP contribution < -0.4 is 10.6 Å². The highest BCUT2D eigenvalue weighted by Gasteiger charge is 2.20. The summed E-state index contributed by atoms with van der Waals surface area (Å²) in [4.78, 5) is 35.5. The Balaban J connectivity index is 1.60. The summed E-state index contributed by atoms with van der Waals surface area (Å²) >= 11 is 1.37. The lowest BCUT2D eigenvalue weighted by molar-refractivity contribution is 0.0946. The van der Waals surface area contributed by atoms with Crippen molar-refractivity contribution < 1.29 is 9.59 Å². The van der Waals surface area contributed by atoms with Crippen LogP contribution in [0.2, 0.25) is 0 Å². The SMILES string of the molecule is CC(C)c1ccc(NC(=O)N(Cc2nc(C(=O)NCc3cccnc3)cs2)C(C)C)cc1. The third-order valence-electron chi connectivity index (χ3n) is 4.98. The molecule has 0 unspecified atom stereocenters. The molecule has 168 valence electrons. The van der Waals surface area contributed by atoms with Crippen LogP contribution in [0.3, 0.4) is 0 Å². The van der Waals surface area contributed by atoms with Crippen LogP contribution in [0.15, 0.2) is 54.2 Å². The van der Waals surface area contributed by atoms with E-state index in [1.54, 1.807) is 22.7 Å². The highest BCUT2D eigenvalue weighted by Crippen LogP contribution is 2.19. The summed E-state index contributed by atoms with van der Waals surface area (Å²) in [7, 11) is 0. The van der Waals surface area contributed by atoms with Crippen molar-refractivity contribution in [3.05, 3.63) is 76.0 Å². The number of aromatic nitrogens is 2. The van der Waals surface area contributed by atoms with Crippen LogP contribution in [0.4, 0.5) is 10.5 Å². The van der Waals surface area contributed by atoms with E-state index in [0.717, 1.165) is 11.3 Å². The number of thiazole rings is 1. The predicted octanol–water partition coefficient (Wildman–Crippen LogP) is 5.03. The Hall–Kier alpha value is -3.26. The average Bonchev–Trinajstić information content (AvgIpc) is 3.25. The number of carbonyl (C=O) groups excluding carboxylic acids is 2. The van der Waals surface area contributed by atoms with Crippen molar-refractivity contribution in [2.24, 2.45) is 0 Å². The van der Waals surface area contributed by atoms with Gasteiger partial charge in [0.25, 0.3) is 5.91 Å². The zero-order valence-electron chi connectivity index (χ0n) is 18.8. The van der Waals surface area contributed by atoms with E-state index < -0.39 is 0 Å². The molecule has 2 heterocycles. The second-order valence-electron chi connectivity index (χ2n) is 8.10. The molecule has 0 fully saturated rings. The van der Waals surface area contributed by atoms with Gasteiger partial charge in [-0.3, -0.25) is 9.78 Å². The fourth-order valence-electron chi connectivity index (χ4n) is 3.04. The van der Waals surface area contributed by atoms with Gasteiger partial charge in [-0.15, -0.1) is 11.3 Å². The minimum absolute atomic E-state index is 0.0308. The minimum atomic E-state index is -0.248. The van der Waals surface area contributed by atoms with Crippen molar-refractivity contribution in [2.75, 3.05) is 5.32 Å². The Morgan fingerprint density at radius 3 is 2.47 bits per heavy atom. The number of hydrogen-bond acceptors (Lipinski definition) is 5. The maximum Gasteiger partial charge on any atom is 0.322 e. The normalized spacial score (nSPS) is 10.9. The first-order chi connectivity index (χ1) is 15.3. The molecule has 2 N–H and O–H groups in total. The van der Waals surface area contributed by atoms with E-state index in [9.17, 15) is 9.59 Å². The summed E-state index contributed by atoms with van der Waals surface area (Å²) in [6.45, 7) is 8.89. The topological polar surface area (TPSA) is 87.2 Å². The molecule has 0 aliphatic rings. The standard InChI is InChI=1S/C24H29N5O2S/c1-16(2)19-7-9-20(10-8-19)27-24(31)29(17(3)4)14-22-28-21(15-32-22)23(30)26-13-18-6-5-11-25-12-18/h5-12,15-17H,13-14H2,1-4H3,(H,26,30)(H,27,31). The summed E-state index contributed by atoms with van der Waals surface area (Å²) in [5, 5.41) is 8.22. The molecule has 0 aliphatic heterocycles. The minimum Gasteiger partial charge on any atom is -0.347 e. The van der Waals surface area contributed by atoms with E-state index in [2.05, 4.69) is 34.4 Å². The van der Waals surface area contributed by atoms with E-state index in [0.29, 0.717) is 29.7 Å². The molecule has 0 radical (unpaired) electrons. The number of amides is 3. The summed E-state index contributed by atoms with van der Waals surface area (Å²) in [5.74, 6) is 0.190. The molecule has 8 heteroatoms. The first-order valence-electron chi connectivity index (χ1n) is 10.6. The number of rotatable bonds is 8. The van der Waals surface area contributed by atoms with Crippen molar-refractivity contribution in [3.63, 3.8) is 0 Å². The number of urea groups is 1. The van der Waals surface area contributed by atoms with Gasteiger partial charge in [-0.25, -0.2) is 9.78 Å². The van der Waals surface area contributed by atoms with Gasteiger partial charge in [-0.05, 0) is 49.1 Å². The van der Waals surface area contributed by atoms with E-state index in [4.69, 9.17) is 0 Å². The van der Waals surface area contributed by atoms with Gasteiger partial charge < -0.3 is 15.5 Å². The second-order valence-corrected chi connectivity index (χ2v) is 9.04. The summed E-state index contributed by atoms with van der Waals surface area (Å²) < 4.78 is 0. The van der Waals surface area contributed by atoms with E-state index >= 15 is 0 Å². The van der Waals surface area contributed by atoms with Crippen molar-refractivity contribution in [1.29, 1.82) is 0 Å². The summed E-state index contributed by atoms with van der Waals surface area (Å²) in [6.07, 6.45) is 3.40. The Morgan fingerprint density at radius 1 is 1.09 bits per heavy atom. The zero-order chi connectivity index (χ0) is 23.1. The van der Waals surface area contributed by atoms with Crippen LogP contribution in [-0.4, -0.2) is 32.8 Å². The predicted molar refractivity (Wildman–Crippen MR) is 128 cm³/mol. The smallest absolute Gasteiger partial charge is 0.322 e. The zero-order valence-corrected chi connectivity index (χ0v) is 19.6. The third kappa shape index (κ3) is 6.37. The lowest BCUT2D eigenvalue weighted by atomic mass is 10.0. The molecule has 3 rings (SSSR count). The van der Waals surface area contributed by atoms with Crippen LogP contribution >= 0.6 is 11.3 Å². The number of nitrogens with one attached hydrogen (secondary N) is 2. The fraction of sp³-hybridized carbons (Fsp3) is 0.333. The van der Waals surface area contributed by atoms with Gasteiger partial charge in [0.1, 0.15) is 10.7 Å². The van der Waals surface area contributed by atoms with E-state index in [-0.39, 0.29) is 18.0 Å². The van der Waals surface area contributed by atoms with Gasteiger partial charge in [0.15, 0.2) is 0 Å². The van der Waals surface area contributed by atoms with E-state index in [1.165, 1.54) is 16.9 Å². The highest BCUT2D eigenvalue weighted by atomic mass is 32.1. The lowest BCUT2D eigenvalue weighted by Gasteiger charge is -2.26. The van der Waals surface area contributed by atoms with Gasteiger partial charge in [-0.2, -0.15) is 0 Å². The molecule has 0 saturated carbocycles. The van der Waals surface area contributed by atoms with Crippen molar-refractivity contribution in [2.45, 2.75) is 52.7 Å². The molecule has 0 saturated heterocycles. The third-order valence-corrected chi connectivity index (χ3v) is 5.81.